The fourth-order valence-corrected chi connectivity index (χ4v) is 3.28. The van der Waals surface area contributed by atoms with Gasteiger partial charge in [-0.15, -0.1) is 0 Å². The molecule has 0 aliphatic rings. The van der Waals surface area contributed by atoms with E-state index in [0.717, 1.165) is 28.6 Å². The molecule has 0 amide bonds. The molecule has 0 aliphatic carbocycles. The molecule has 4 rings (SSSR count). The lowest BCUT2D eigenvalue weighted by atomic mass is 10.00. The lowest BCUT2D eigenvalue weighted by molar-refractivity contribution is -0.137. The zero-order chi connectivity index (χ0) is 20.6. The van der Waals surface area contributed by atoms with Gasteiger partial charge in [0.2, 0.25) is 0 Å². The highest BCUT2D eigenvalue weighted by atomic mass is 19.4. The van der Waals surface area contributed by atoms with Gasteiger partial charge in [-0.2, -0.15) is 18.3 Å². The van der Waals surface area contributed by atoms with Crippen LogP contribution in [-0.4, -0.2) is 20.9 Å². The van der Waals surface area contributed by atoms with Crippen molar-refractivity contribution >= 4 is 16.9 Å². The zero-order valence-corrected chi connectivity index (χ0v) is 15.0. The van der Waals surface area contributed by atoms with Crippen molar-refractivity contribution in [2.24, 2.45) is 0 Å². The van der Waals surface area contributed by atoms with Crippen LogP contribution in [-0.2, 0) is 12.7 Å². The van der Waals surface area contributed by atoms with Crippen LogP contribution in [0.4, 0.5) is 13.2 Å². The average Bonchev–Trinajstić information content (AvgIpc) is 3.10. The third kappa shape index (κ3) is 3.85. The molecule has 0 radical (unpaired) electrons. The number of aromatic nitrogens is 2. The van der Waals surface area contributed by atoms with Gasteiger partial charge in [-0.1, -0.05) is 36.4 Å². The number of benzene rings is 3. The van der Waals surface area contributed by atoms with Crippen molar-refractivity contribution in [3.8, 4) is 11.1 Å². The van der Waals surface area contributed by atoms with Crippen molar-refractivity contribution in [3.63, 3.8) is 0 Å². The molecule has 7 heteroatoms. The largest absolute Gasteiger partial charge is 0.478 e. The van der Waals surface area contributed by atoms with E-state index in [1.165, 1.54) is 12.1 Å². The van der Waals surface area contributed by atoms with Gasteiger partial charge >= 0.3 is 12.1 Å². The Morgan fingerprint density at radius 3 is 2.52 bits per heavy atom. The Balaban J connectivity index is 1.72. The number of carbonyl (C=O) groups is 1. The van der Waals surface area contributed by atoms with Crippen LogP contribution >= 0.6 is 0 Å². The van der Waals surface area contributed by atoms with Gasteiger partial charge in [-0.05, 0) is 47.0 Å². The molecule has 3 aromatic carbocycles. The quantitative estimate of drug-likeness (QED) is 0.498. The van der Waals surface area contributed by atoms with Crippen LogP contribution in [0.25, 0.3) is 22.0 Å². The lowest BCUT2D eigenvalue weighted by Gasteiger charge is -2.08. The SMILES string of the molecule is O=C(O)c1cccc(-c2cccc3nn(Cc4cccc(C(F)(F)F)c4)cc23)c1. The second kappa shape index (κ2) is 7.09. The Kier molecular flexibility index (Phi) is 4.58. The molecule has 0 spiro atoms. The minimum Gasteiger partial charge on any atom is -0.478 e. The molecule has 0 fully saturated rings. The van der Waals surface area contributed by atoms with E-state index in [1.807, 2.05) is 24.3 Å². The van der Waals surface area contributed by atoms with E-state index in [1.54, 1.807) is 29.1 Å². The van der Waals surface area contributed by atoms with Crippen molar-refractivity contribution in [1.29, 1.82) is 0 Å². The van der Waals surface area contributed by atoms with Crippen LogP contribution in [0.1, 0.15) is 21.5 Å². The monoisotopic (exact) mass is 396 g/mol. The minimum atomic E-state index is -4.40. The Labute approximate surface area is 163 Å². The highest BCUT2D eigenvalue weighted by molar-refractivity contribution is 5.96. The summed E-state index contributed by atoms with van der Waals surface area (Å²) in [6, 6.07) is 17.2. The lowest BCUT2D eigenvalue weighted by Crippen LogP contribution is -2.07. The van der Waals surface area contributed by atoms with Crippen LogP contribution in [0, 0.1) is 0 Å². The predicted octanol–water partition coefficient (Wildman–Crippen LogP) is 5.47. The number of hydrogen-bond acceptors (Lipinski definition) is 2. The molecule has 0 saturated heterocycles. The summed E-state index contributed by atoms with van der Waals surface area (Å²) in [7, 11) is 0. The van der Waals surface area contributed by atoms with Crippen molar-refractivity contribution in [2.75, 3.05) is 0 Å². The van der Waals surface area contributed by atoms with E-state index in [-0.39, 0.29) is 12.1 Å². The molecule has 4 nitrogen and oxygen atoms in total. The molecule has 29 heavy (non-hydrogen) atoms. The third-order valence-corrected chi connectivity index (χ3v) is 4.62. The third-order valence-electron chi connectivity index (χ3n) is 4.62. The highest BCUT2D eigenvalue weighted by Crippen LogP contribution is 2.31. The van der Waals surface area contributed by atoms with E-state index in [9.17, 15) is 23.1 Å². The average molecular weight is 396 g/mol. The molecule has 1 N–H and O–H groups in total. The minimum absolute atomic E-state index is 0.177. The van der Waals surface area contributed by atoms with Crippen LogP contribution in [0.15, 0.2) is 72.9 Å². The van der Waals surface area contributed by atoms with E-state index in [2.05, 4.69) is 5.10 Å². The highest BCUT2D eigenvalue weighted by Gasteiger charge is 2.30. The van der Waals surface area contributed by atoms with E-state index >= 15 is 0 Å². The molecular formula is C22H15F3N2O2. The van der Waals surface area contributed by atoms with Crippen molar-refractivity contribution in [2.45, 2.75) is 12.7 Å². The number of fused-ring (bicyclic) bond motifs is 1. The molecule has 0 atom stereocenters. The predicted molar refractivity (Wildman–Crippen MR) is 103 cm³/mol. The topological polar surface area (TPSA) is 55.1 Å². The van der Waals surface area contributed by atoms with E-state index in [4.69, 9.17) is 0 Å². The first-order valence-corrected chi connectivity index (χ1v) is 8.77. The number of alkyl halides is 3. The number of halogens is 3. The first kappa shape index (κ1) is 18.7. The van der Waals surface area contributed by atoms with Crippen LogP contribution < -0.4 is 0 Å². The smallest absolute Gasteiger partial charge is 0.416 e. The normalized spacial score (nSPS) is 11.7. The van der Waals surface area contributed by atoms with Gasteiger partial charge < -0.3 is 5.11 Å². The van der Waals surface area contributed by atoms with Gasteiger partial charge in [0, 0.05) is 11.6 Å². The van der Waals surface area contributed by atoms with Crippen molar-refractivity contribution < 1.29 is 23.1 Å². The number of nitrogens with zero attached hydrogens (tertiary/aromatic N) is 2. The molecule has 0 unspecified atom stereocenters. The van der Waals surface area contributed by atoms with E-state index in [0.29, 0.717) is 11.1 Å². The summed E-state index contributed by atoms with van der Waals surface area (Å²) in [6.07, 6.45) is -2.63. The molecule has 4 aromatic rings. The Morgan fingerprint density at radius 1 is 1.00 bits per heavy atom. The molecule has 1 heterocycles. The fraction of sp³-hybridized carbons (Fsp3) is 0.0909. The summed E-state index contributed by atoms with van der Waals surface area (Å²) in [6.45, 7) is 0.188. The molecule has 1 aromatic heterocycles. The fourth-order valence-electron chi connectivity index (χ4n) is 3.28. The zero-order valence-electron chi connectivity index (χ0n) is 15.0. The summed E-state index contributed by atoms with van der Waals surface area (Å²) in [5.74, 6) is -1.01. The van der Waals surface area contributed by atoms with Gasteiger partial charge in [-0.25, -0.2) is 4.79 Å². The summed E-state index contributed by atoms with van der Waals surface area (Å²) in [5.41, 5.74) is 2.18. The van der Waals surface area contributed by atoms with E-state index < -0.39 is 17.7 Å². The van der Waals surface area contributed by atoms with Crippen LogP contribution in [0.2, 0.25) is 0 Å². The van der Waals surface area contributed by atoms with Crippen LogP contribution in [0.3, 0.4) is 0 Å². The second-order valence-corrected chi connectivity index (χ2v) is 6.65. The van der Waals surface area contributed by atoms with Gasteiger partial charge in [0.15, 0.2) is 0 Å². The number of aromatic carboxylic acids is 1. The molecular weight excluding hydrogens is 381 g/mol. The maximum Gasteiger partial charge on any atom is 0.416 e. The maximum absolute atomic E-state index is 12.9. The Morgan fingerprint density at radius 2 is 1.76 bits per heavy atom. The van der Waals surface area contributed by atoms with Gasteiger partial charge in [0.1, 0.15) is 0 Å². The van der Waals surface area contributed by atoms with Gasteiger partial charge in [-0.3, -0.25) is 4.68 Å². The molecule has 0 aliphatic heterocycles. The van der Waals surface area contributed by atoms with Crippen LogP contribution in [0.5, 0.6) is 0 Å². The Hall–Kier alpha value is -3.61. The number of carboxylic acid groups (broad SMARTS) is 1. The molecule has 0 saturated carbocycles. The summed E-state index contributed by atoms with van der Waals surface area (Å²) in [4.78, 5) is 11.3. The van der Waals surface area contributed by atoms with Crippen molar-refractivity contribution in [3.05, 3.63) is 89.6 Å². The first-order valence-electron chi connectivity index (χ1n) is 8.77. The summed E-state index contributed by atoms with van der Waals surface area (Å²) in [5, 5.41) is 14.5. The maximum atomic E-state index is 12.9. The summed E-state index contributed by atoms with van der Waals surface area (Å²) >= 11 is 0. The Bertz CT molecular complexity index is 1210. The standard InChI is InChI=1S/C22H15F3N2O2/c23-22(24,25)17-7-1-4-14(10-17)12-27-13-19-18(8-3-9-20(19)26-27)15-5-2-6-16(11-15)21(28)29/h1-11,13H,12H2,(H,28,29). The molecule has 0 bridgehead atoms. The first-order chi connectivity index (χ1) is 13.8. The number of hydrogen-bond donors (Lipinski definition) is 1. The van der Waals surface area contributed by atoms with Crippen molar-refractivity contribution in [1.82, 2.24) is 9.78 Å². The number of carboxylic acids is 1. The summed E-state index contributed by atoms with van der Waals surface area (Å²) < 4.78 is 40.4. The van der Waals surface area contributed by atoms with Gasteiger partial charge in [0.05, 0.1) is 23.2 Å². The second-order valence-electron chi connectivity index (χ2n) is 6.65. The number of rotatable bonds is 4. The molecule has 146 valence electrons. The van der Waals surface area contributed by atoms with Gasteiger partial charge in [0.25, 0.3) is 0 Å².